The van der Waals surface area contributed by atoms with Crippen LogP contribution in [0, 0.1) is 5.92 Å². The Morgan fingerprint density at radius 1 is 1.62 bits per heavy atom. The maximum atomic E-state index is 11.9. The third-order valence-electron chi connectivity index (χ3n) is 2.93. The van der Waals surface area contributed by atoms with Crippen molar-refractivity contribution in [2.45, 2.75) is 19.8 Å². The highest BCUT2D eigenvalue weighted by atomic mass is 32.1. The first-order valence-corrected chi connectivity index (χ1v) is 6.69. The Morgan fingerprint density at radius 2 is 2.50 bits per heavy atom. The molecule has 0 spiro atoms. The molecule has 2 nitrogen and oxygen atoms in total. The molecule has 1 fully saturated rings. The van der Waals surface area contributed by atoms with Gasteiger partial charge in [0.1, 0.15) is 0 Å². The molecule has 0 aromatic carbocycles. The van der Waals surface area contributed by atoms with Gasteiger partial charge in [0, 0.05) is 19.2 Å². The van der Waals surface area contributed by atoms with Crippen molar-refractivity contribution in [3.8, 4) is 0 Å². The molecular weight excluding hydrogens is 218 g/mol. The van der Waals surface area contributed by atoms with Crippen molar-refractivity contribution in [1.82, 2.24) is 4.90 Å². The van der Waals surface area contributed by atoms with Gasteiger partial charge in [-0.2, -0.15) is 11.3 Å². The van der Waals surface area contributed by atoms with Gasteiger partial charge in [-0.25, -0.2) is 0 Å². The smallest absolute Gasteiger partial charge is 0.246 e. The molecule has 0 radical (unpaired) electrons. The van der Waals surface area contributed by atoms with Gasteiger partial charge in [0.25, 0.3) is 0 Å². The van der Waals surface area contributed by atoms with Gasteiger partial charge in [-0.05, 0) is 47.2 Å². The quantitative estimate of drug-likeness (QED) is 0.722. The van der Waals surface area contributed by atoms with Crippen LogP contribution in [0.3, 0.4) is 0 Å². The lowest BCUT2D eigenvalue weighted by atomic mass is 10.0. The zero-order valence-electron chi connectivity index (χ0n) is 9.56. The molecule has 1 aromatic rings. The van der Waals surface area contributed by atoms with Crippen molar-refractivity contribution in [3.05, 3.63) is 28.5 Å². The summed E-state index contributed by atoms with van der Waals surface area (Å²) in [5, 5.41) is 4.07. The summed E-state index contributed by atoms with van der Waals surface area (Å²) in [6.45, 7) is 4.03. The van der Waals surface area contributed by atoms with Gasteiger partial charge in [-0.15, -0.1) is 0 Å². The second kappa shape index (κ2) is 5.30. The monoisotopic (exact) mass is 235 g/mol. The predicted octanol–water partition coefficient (Wildman–Crippen LogP) is 3.02. The van der Waals surface area contributed by atoms with Crippen LogP contribution in [-0.4, -0.2) is 23.9 Å². The van der Waals surface area contributed by atoms with Crippen LogP contribution >= 0.6 is 11.3 Å². The summed E-state index contributed by atoms with van der Waals surface area (Å²) in [5.74, 6) is 0.796. The van der Waals surface area contributed by atoms with Gasteiger partial charge in [0.15, 0.2) is 0 Å². The minimum absolute atomic E-state index is 0.151. The first-order valence-electron chi connectivity index (χ1n) is 5.75. The number of thiophene rings is 1. The maximum Gasteiger partial charge on any atom is 0.246 e. The van der Waals surface area contributed by atoms with E-state index >= 15 is 0 Å². The van der Waals surface area contributed by atoms with E-state index in [1.807, 2.05) is 27.8 Å². The third kappa shape index (κ3) is 2.95. The Kier molecular flexibility index (Phi) is 3.78. The molecule has 1 aliphatic rings. The van der Waals surface area contributed by atoms with Crippen LogP contribution in [0.2, 0.25) is 0 Å². The molecule has 86 valence electrons. The van der Waals surface area contributed by atoms with Gasteiger partial charge in [-0.3, -0.25) is 4.79 Å². The van der Waals surface area contributed by atoms with Crippen LogP contribution in [0.1, 0.15) is 25.3 Å². The third-order valence-corrected chi connectivity index (χ3v) is 3.63. The highest BCUT2D eigenvalue weighted by Crippen LogP contribution is 2.16. The first-order chi connectivity index (χ1) is 7.75. The van der Waals surface area contributed by atoms with Crippen molar-refractivity contribution < 1.29 is 4.79 Å². The Labute approximate surface area is 101 Å². The number of hydrogen-bond donors (Lipinski definition) is 0. The number of carbonyl (C=O) groups is 1. The van der Waals surface area contributed by atoms with Gasteiger partial charge in [0.05, 0.1) is 0 Å². The van der Waals surface area contributed by atoms with E-state index in [0.717, 1.165) is 25.1 Å². The number of likely N-dealkylation sites (tertiary alicyclic amines) is 1. The van der Waals surface area contributed by atoms with Crippen LogP contribution in [0.15, 0.2) is 22.9 Å². The number of rotatable bonds is 2. The number of carbonyl (C=O) groups excluding carboxylic acids is 1. The molecule has 1 aromatic heterocycles. The Hall–Kier alpha value is -1.09. The molecule has 16 heavy (non-hydrogen) atoms. The summed E-state index contributed by atoms with van der Waals surface area (Å²) in [5.41, 5.74) is 1.11. The highest BCUT2D eigenvalue weighted by Gasteiger charge is 2.18. The lowest BCUT2D eigenvalue weighted by molar-refractivity contribution is -0.127. The fourth-order valence-electron chi connectivity index (χ4n) is 2.03. The second-order valence-corrected chi connectivity index (χ2v) is 5.20. The van der Waals surface area contributed by atoms with Crippen LogP contribution in [0.25, 0.3) is 6.08 Å². The molecule has 0 saturated carbocycles. The number of nitrogens with zero attached hydrogens (tertiary/aromatic N) is 1. The first kappa shape index (κ1) is 11.4. The average molecular weight is 235 g/mol. The minimum atomic E-state index is 0.151. The fourth-order valence-corrected chi connectivity index (χ4v) is 2.66. The molecule has 1 amide bonds. The molecule has 3 heteroatoms. The van der Waals surface area contributed by atoms with Gasteiger partial charge in [0.2, 0.25) is 5.91 Å². The lowest BCUT2D eigenvalue weighted by Gasteiger charge is -2.30. The van der Waals surface area contributed by atoms with Gasteiger partial charge in [-0.1, -0.05) is 6.92 Å². The summed E-state index contributed by atoms with van der Waals surface area (Å²) in [4.78, 5) is 13.8. The maximum absolute atomic E-state index is 11.9. The van der Waals surface area contributed by atoms with Crippen LogP contribution in [-0.2, 0) is 4.79 Å². The Balaban J connectivity index is 1.92. The lowest BCUT2D eigenvalue weighted by Crippen LogP contribution is -2.38. The molecular formula is C13H17NOS. The highest BCUT2D eigenvalue weighted by molar-refractivity contribution is 7.08. The molecule has 1 unspecified atom stereocenters. The predicted molar refractivity (Wildman–Crippen MR) is 68.3 cm³/mol. The van der Waals surface area contributed by atoms with Crippen LogP contribution < -0.4 is 0 Å². The summed E-state index contributed by atoms with van der Waals surface area (Å²) in [6.07, 6.45) is 5.98. The Morgan fingerprint density at radius 3 is 3.19 bits per heavy atom. The summed E-state index contributed by atoms with van der Waals surface area (Å²) >= 11 is 1.65. The summed E-state index contributed by atoms with van der Waals surface area (Å²) < 4.78 is 0. The second-order valence-electron chi connectivity index (χ2n) is 4.42. The van der Waals surface area contributed by atoms with E-state index in [1.54, 1.807) is 17.4 Å². The fraction of sp³-hybridized carbons (Fsp3) is 0.462. The average Bonchev–Trinajstić information content (AvgIpc) is 2.78. The molecule has 2 rings (SSSR count). The molecule has 0 aliphatic carbocycles. The molecule has 1 aliphatic heterocycles. The minimum Gasteiger partial charge on any atom is -0.339 e. The molecule has 0 bridgehead atoms. The van der Waals surface area contributed by atoms with E-state index in [0.29, 0.717) is 5.92 Å². The molecule has 2 heterocycles. The van der Waals surface area contributed by atoms with Crippen molar-refractivity contribution in [2.75, 3.05) is 13.1 Å². The number of amides is 1. The zero-order valence-corrected chi connectivity index (χ0v) is 10.4. The standard InChI is InChI=1S/C13H17NOS/c1-11-3-2-7-14(9-11)13(15)5-4-12-6-8-16-10-12/h4-6,8,10-11H,2-3,7,9H2,1H3/b5-4+. The largest absolute Gasteiger partial charge is 0.339 e. The Bertz CT molecular complexity index is 369. The van der Waals surface area contributed by atoms with Crippen molar-refractivity contribution >= 4 is 23.3 Å². The normalized spacial score (nSPS) is 21.6. The summed E-state index contributed by atoms with van der Waals surface area (Å²) in [7, 11) is 0. The van der Waals surface area contributed by atoms with E-state index in [4.69, 9.17) is 0 Å². The molecule has 0 N–H and O–H groups in total. The number of piperidine rings is 1. The van der Waals surface area contributed by atoms with Crippen molar-refractivity contribution in [2.24, 2.45) is 5.92 Å². The van der Waals surface area contributed by atoms with E-state index < -0.39 is 0 Å². The van der Waals surface area contributed by atoms with Crippen molar-refractivity contribution in [1.29, 1.82) is 0 Å². The van der Waals surface area contributed by atoms with E-state index in [-0.39, 0.29) is 5.91 Å². The van der Waals surface area contributed by atoms with Crippen LogP contribution in [0.4, 0.5) is 0 Å². The van der Waals surface area contributed by atoms with Crippen LogP contribution in [0.5, 0.6) is 0 Å². The van der Waals surface area contributed by atoms with Crippen molar-refractivity contribution in [3.63, 3.8) is 0 Å². The van der Waals surface area contributed by atoms with Gasteiger partial charge < -0.3 is 4.90 Å². The molecule has 1 saturated heterocycles. The topological polar surface area (TPSA) is 20.3 Å². The van der Waals surface area contributed by atoms with Gasteiger partial charge >= 0.3 is 0 Å². The molecule has 1 atom stereocenters. The zero-order chi connectivity index (χ0) is 11.4. The van der Waals surface area contributed by atoms with E-state index in [2.05, 4.69) is 6.92 Å². The van der Waals surface area contributed by atoms with E-state index in [1.165, 1.54) is 6.42 Å². The van der Waals surface area contributed by atoms with E-state index in [9.17, 15) is 4.79 Å². The SMILES string of the molecule is CC1CCCN(C(=O)/C=C/c2ccsc2)C1. The number of hydrogen-bond acceptors (Lipinski definition) is 2. The summed E-state index contributed by atoms with van der Waals surface area (Å²) in [6, 6.07) is 2.02.